The van der Waals surface area contributed by atoms with Crippen molar-refractivity contribution in [1.29, 1.82) is 0 Å². The molecule has 0 bridgehead atoms. The SMILES string of the molecule is CCCCOC(=O)c1c(NC(=O)C2CC2)sc2c1CC(NC)CC2.S=CNc1cccnc1. The maximum Gasteiger partial charge on any atom is 0.341 e. The first-order valence-electron chi connectivity index (χ1n) is 11.5. The highest BCUT2D eigenvalue weighted by Gasteiger charge is 2.34. The molecule has 0 aliphatic heterocycles. The van der Waals surface area contributed by atoms with E-state index in [0.717, 1.165) is 56.2 Å². The van der Waals surface area contributed by atoms with Gasteiger partial charge >= 0.3 is 5.97 Å². The van der Waals surface area contributed by atoms with Crippen molar-refractivity contribution in [3.63, 3.8) is 0 Å². The lowest BCUT2D eigenvalue weighted by Gasteiger charge is -2.22. The summed E-state index contributed by atoms with van der Waals surface area (Å²) in [7, 11) is 1.96. The van der Waals surface area contributed by atoms with Crippen molar-refractivity contribution in [2.75, 3.05) is 24.3 Å². The topological polar surface area (TPSA) is 92.3 Å². The molecule has 1 unspecified atom stereocenters. The van der Waals surface area contributed by atoms with Crippen LogP contribution in [0.1, 0.15) is 59.8 Å². The van der Waals surface area contributed by atoms with Crippen LogP contribution in [0.3, 0.4) is 0 Å². The Kier molecular flexibility index (Phi) is 9.77. The van der Waals surface area contributed by atoms with Crippen LogP contribution < -0.4 is 16.0 Å². The normalized spacial score (nSPS) is 16.6. The molecule has 0 aromatic carbocycles. The van der Waals surface area contributed by atoms with Gasteiger partial charge in [-0.1, -0.05) is 25.6 Å². The summed E-state index contributed by atoms with van der Waals surface area (Å²) in [5.41, 5.74) is 4.04. The maximum absolute atomic E-state index is 12.6. The molecule has 0 spiro atoms. The molecule has 4 rings (SSSR count). The van der Waals surface area contributed by atoms with Crippen LogP contribution in [0.2, 0.25) is 0 Å². The van der Waals surface area contributed by atoms with Crippen molar-refractivity contribution in [2.45, 2.75) is 57.9 Å². The van der Waals surface area contributed by atoms with Crippen LogP contribution in [0.4, 0.5) is 10.7 Å². The molecule has 2 aromatic heterocycles. The molecule has 2 aliphatic carbocycles. The predicted molar refractivity (Wildman–Crippen MR) is 137 cm³/mol. The van der Waals surface area contributed by atoms with Gasteiger partial charge in [-0.25, -0.2) is 4.79 Å². The zero-order chi connectivity index (χ0) is 23.6. The number of thiocarbonyl (C=S) groups is 1. The largest absolute Gasteiger partial charge is 0.462 e. The standard InChI is InChI=1S/C18H26N2O3S.C6H6N2S/c1-3-4-9-23-18(22)15-13-10-12(19-2)7-8-14(13)24-17(15)20-16(21)11-5-6-11;9-5-8-6-2-1-3-7-4-6/h11-12,19H,3-10H2,1-2H3,(H,20,21);1-5H,(H,8,9). The molecule has 1 amide bonds. The highest BCUT2D eigenvalue weighted by molar-refractivity contribution is 7.79. The van der Waals surface area contributed by atoms with Gasteiger partial charge in [0.1, 0.15) is 5.00 Å². The summed E-state index contributed by atoms with van der Waals surface area (Å²) >= 11 is 6.13. The number of carbonyl (C=O) groups is 2. The van der Waals surface area contributed by atoms with Crippen LogP contribution in [0.25, 0.3) is 0 Å². The monoisotopic (exact) mass is 488 g/mol. The van der Waals surface area contributed by atoms with E-state index in [-0.39, 0.29) is 17.8 Å². The van der Waals surface area contributed by atoms with E-state index in [2.05, 4.69) is 40.1 Å². The van der Waals surface area contributed by atoms with E-state index in [1.165, 1.54) is 10.4 Å². The fourth-order valence-corrected chi connectivity index (χ4v) is 4.96. The average molecular weight is 489 g/mol. The van der Waals surface area contributed by atoms with Crippen molar-refractivity contribution in [2.24, 2.45) is 5.92 Å². The van der Waals surface area contributed by atoms with Crippen LogP contribution in [-0.4, -0.2) is 42.0 Å². The van der Waals surface area contributed by atoms with Gasteiger partial charge in [-0.2, -0.15) is 0 Å². The van der Waals surface area contributed by atoms with E-state index in [1.54, 1.807) is 23.7 Å². The number of unbranched alkanes of at least 4 members (excludes halogenated alkanes) is 1. The van der Waals surface area contributed by atoms with E-state index in [1.807, 2.05) is 19.2 Å². The summed E-state index contributed by atoms with van der Waals surface area (Å²) < 4.78 is 5.46. The number of ether oxygens (including phenoxy) is 1. The van der Waals surface area contributed by atoms with Gasteiger partial charge in [-0.05, 0) is 63.3 Å². The number of carbonyl (C=O) groups excluding carboxylic acids is 2. The number of rotatable bonds is 9. The number of amides is 1. The Morgan fingerprint density at radius 2 is 2.15 bits per heavy atom. The predicted octanol–water partition coefficient (Wildman–Crippen LogP) is 4.58. The molecule has 9 heteroatoms. The number of hydrogen-bond acceptors (Lipinski definition) is 7. The molecule has 2 aromatic rings. The summed E-state index contributed by atoms with van der Waals surface area (Å²) in [4.78, 5) is 29.9. The van der Waals surface area contributed by atoms with Crippen LogP contribution in [0, 0.1) is 5.92 Å². The fraction of sp³-hybridized carbons (Fsp3) is 0.500. The number of anilines is 2. The Balaban J connectivity index is 0.000000286. The number of nitrogens with zero attached hydrogens (tertiary/aromatic N) is 1. The van der Waals surface area contributed by atoms with Crippen molar-refractivity contribution in [3.05, 3.63) is 40.5 Å². The van der Waals surface area contributed by atoms with Gasteiger partial charge in [-0.3, -0.25) is 9.78 Å². The first-order valence-corrected chi connectivity index (χ1v) is 12.8. The lowest BCUT2D eigenvalue weighted by Crippen LogP contribution is -2.31. The summed E-state index contributed by atoms with van der Waals surface area (Å²) in [6, 6.07) is 4.12. The highest BCUT2D eigenvalue weighted by Crippen LogP contribution is 2.40. The third-order valence-corrected chi connectivity index (χ3v) is 7.00. The van der Waals surface area contributed by atoms with E-state index >= 15 is 0 Å². The molecule has 1 saturated carbocycles. The van der Waals surface area contributed by atoms with Gasteiger partial charge in [0.2, 0.25) is 5.91 Å². The summed E-state index contributed by atoms with van der Waals surface area (Å²) in [6.45, 7) is 2.50. The highest BCUT2D eigenvalue weighted by atomic mass is 32.1. The molecular weight excluding hydrogens is 456 g/mol. The summed E-state index contributed by atoms with van der Waals surface area (Å²) in [6.07, 6.45) is 10.0. The first-order chi connectivity index (χ1) is 16.1. The number of aryl methyl sites for hydroxylation is 1. The lowest BCUT2D eigenvalue weighted by molar-refractivity contribution is -0.117. The molecule has 0 radical (unpaired) electrons. The van der Waals surface area contributed by atoms with E-state index < -0.39 is 0 Å². The fourth-order valence-electron chi connectivity index (χ4n) is 3.59. The zero-order valence-electron chi connectivity index (χ0n) is 19.2. The van der Waals surface area contributed by atoms with Crippen LogP contribution in [0.15, 0.2) is 24.5 Å². The van der Waals surface area contributed by atoms with Gasteiger partial charge in [0.25, 0.3) is 0 Å². The number of thiophene rings is 1. The number of aromatic nitrogens is 1. The molecular formula is C24H32N4O3S2. The molecule has 33 heavy (non-hydrogen) atoms. The zero-order valence-corrected chi connectivity index (χ0v) is 20.8. The minimum absolute atomic E-state index is 0.0429. The van der Waals surface area contributed by atoms with Gasteiger partial charge in [0.05, 0.1) is 29.5 Å². The molecule has 2 heterocycles. The Labute approximate surface area is 204 Å². The number of fused-ring (bicyclic) bond motifs is 1. The van der Waals surface area contributed by atoms with E-state index in [4.69, 9.17) is 4.74 Å². The number of nitrogens with one attached hydrogen (secondary N) is 3. The third kappa shape index (κ3) is 7.31. The average Bonchev–Trinajstić information content (AvgIpc) is 3.62. The van der Waals surface area contributed by atoms with Crippen molar-refractivity contribution >= 4 is 51.6 Å². The van der Waals surface area contributed by atoms with Gasteiger partial charge < -0.3 is 20.7 Å². The Morgan fingerprint density at radius 3 is 2.79 bits per heavy atom. The molecule has 7 nitrogen and oxygen atoms in total. The Hall–Kier alpha value is -2.36. The van der Waals surface area contributed by atoms with Gasteiger partial charge in [0.15, 0.2) is 0 Å². The first kappa shape index (κ1) is 25.3. The third-order valence-electron chi connectivity index (χ3n) is 5.68. The molecule has 1 fully saturated rings. The maximum atomic E-state index is 12.6. The molecule has 2 aliphatic rings. The van der Waals surface area contributed by atoms with E-state index in [0.29, 0.717) is 23.2 Å². The molecule has 3 N–H and O–H groups in total. The van der Waals surface area contributed by atoms with E-state index in [9.17, 15) is 9.59 Å². The smallest absolute Gasteiger partial charge is 0.341 e. The minimum Gasteiger partial charge on any atom is -0.462 e. The minimum atomic E-state index is -0.288. The van der Waals surface area contributed by atoms with Crippen molar-refractivity contribution < 1.29 is 14.3 Å². The van der Waals surface area contributed by atoms with Gasteiger partial charge in [0, 0.05) is 23.0 Å². The quantitative estimate of drug-likeness (QED) is 0.270. The molecule has 178 valence electrons. The lowest BCUT2D eigenvalue weighted by atomic mass is 9.91. The second kappa shape index (κ2) is 12.8. The van der Waals surface area contributed by atoms with Crippen LogP contribution >= 0.6 is 23.6 Å². The van der Waals surface area contributed by atoms with Crippen molar-refractivity contribution in [3.8, 4) is 0 Å². The summed E-state index contributed by atoms with van der Waals surface area (Å²) in [5.74, 6) is -0.122. The molecule has 0 saturated heterocycles. The van der Waals surface area contributed by atoms with Crippen LogP contribution in [0.5, 0.6) is 0 Å². The Morgan fingerprint density at radius 1 is 1.33 bits per heavy atom. The number of pyridine rings is 1. The Bertz CT molecular complexity index is 945. The van der Waals surface area contributed by atoms with Crippen molar-refractivity contribution in [1.82, 2.24) is 10.3 Å². The number of likely N-dealkylation sites (N-methyl/N-ethyl adjacent to an activating group) is 1. The molecule has 1 atom stereocenters. The number of esters is 1. The van der Waals surface area contributed by atoms with Crippen LogP contribution in [-0.2, 0) is 22.4 Å². The second-order valence-corrected chi connectivity index (χ2v) is 9.53. The van der Waals surface area contributed by atoms with Gasteiger partial charge in [-0.15, -0.1) is 11.3 Å². The summed E-state index contributed by atoms with van der Waals surface area (Å²) in [5, 5.41) is 9.82. The number of hydrogen-bond donors (Lipinski definition) is 3. The second-order valence-electron chi connectivity index (χ2n) is 8.19.